The van der Waals surface area contributed by atoms with Gasteiger partial charge in [-0.2, -0.15) is 0 Å². The van der Waals surface area contributed by atoms with E-state index in [9.17, 15) is 18.0 Å². The number of sulfonamides is 1. The highest BCUT2D eigenvalue weighted by Crippen LogP contribution is 2.36. The van der Waals surface area contributed by atoms with Crippen LogP contribution in [0.2, 0.25) is 10.0 Å². The first-order valence-electron chi connectivity index (χ1n) is 12.5. The monoisotopic (exact) mass is 583 g/mol. The van der Waals surface area contributed by atoms with E-state index in [0.717, 1.165) is 30.0 Å². The number of carbonyl (C=O) groups excluding carboxylic acids is 2. The lowest BCUT2D eigenvalue weighted by Crippen LogP contribution is -2.52. The second-order valence-corrected chi connectivity index (χ2v) is 12.3. The van der Waals surface area contributed by atoms with E-state index in [-0.39, 0.29) is 36.7 Å². The number of ether oxygens (including phenoxy) is 2. The molecule has 1 aliphatic heterocycles. The maximum atomic E-state index is 13.8. The Morgan fingerprint density at radius 3 is 2.39 bits per heavy atom. The Balaban J connectivity index is 1.65. The number of benzene rings is 2. The summed E-state index contributed by atoms with van der Waals surface area (Å²) in [6.07, 6.45) is 3.85. The number of halogens is 2. The number of hydrogen-bond acceptors (Lipinski definition) is 6. The fraction of sp³-hybridized carbons (Fsp3) is 0.462. The summed E-state index contributed by atoms with van der Waals surface area (Å²) in [6, 6.07) is 8.80. The third-order valence-electron chi connectivity index (χ3n) is 6.88. The Hall–Kier alpha value is -2.69. The standard InChI is InChI=1S/C26H31Cl2N3O6S/c1-3-38(34,35)31(19-11-12-23-24(13-19)37-16-36-23)15-25(32)30(14-20-21(27)9-6-10-22(20)28)17(2)26(33)29-18-7-4-5-8-18/h6,9-13,17-18H,3-5,7-8,14-16H2,1-2H3,(H,29,33)/t17-/m0/s1. The third kappa shape index (κ3) is 6.30. The van der Waals surface area contributed by atoms with Gasteiger partial charge in [-0.15, -0.1) is 0 Å². The van der Waals surface area contributed by atoms with Gasteiger partial charge >= 0.3 is 0 Å². The van der Waals surface area contributed by atoms with Gasteiger partial charge in [-0.1, -0.05) is 42.1 Å². The highest BCUT2D eigenvalue weighted by Gasteiger charge is 2.33. The van der Waals surface area contributed by atoms with Crippen LogP contribution in [0.1, 0.15) is 45.1 Å². The van der Waals surface area contributed by atoms with Crippen molar-refractivity contribution < 1.29 is 27.5 Å². The van der Waals surface area contributed by atoms with Crippen molar-refractivity contribution in [1.29, 1.82) is 0 Å². The molecule has 0 spiro atoms. The van der Waals surface area contributed by atoms with Gasteiger partial charge < -0.3 is 19.7 Å². The van der Waals surface area contributed by atoms with E-state index in [1.807, 2.05) is 0 Å². The molecule has 38 heavy (non-hydrogen) atoms. The zero-order chi connectivity index (χ0) is 27.4. The molecule has 1 saturated carbocycles. The first kappa shape index (κ1) is 28.3. The molecule has 0 aromatic heterocycles. The summed E-state index contributed by atoms with van der Waals surface area (Å²) in [5.74, 6) is -0.259. The van der Waals surface area contributed by atoms with Crippen LogP contribution < -0.4 is 19.1 Å². The molecule has 1 heterocycles. The summed E-state index contributed by atoms with van der Waals surface area (Å²) >= 11 is 12.8. The molecule has 4 rings (SSSR count). The van der Waals surface area contributed by atoms with E-state index in [2.05, 4.69) is 5.32 Å². The first-order chi connectivity index (χ1) is 18.1. The molecule has 12 heteroatoms. The van der Waals surface area contributed by atoms with Gasteiger partial charge in [-0.25, -0.2) is 8.42 Å². The Bertz CT molecular complexity index is 1280. The van der Waals surface area contributed by atoms with Gasteiger partial charge in [0, 0.05) is 34.3 Å². The van der Waals surface area contributed by atoms with Crippen molar-refractivity contribution in [2.24, 2.45) is 0 Å². The van der Waals surface area contributed by atoms with E-state index in [1.165, 1.54) is 17.9 Å². The minimum atomic E-state index is -3.88. The molecule has 1 atom stereocenters. The second kappa shape index (κ2) is 12.0. The number of anilines is 1. The van der Waals surface area contributed by atoms with Crippen LogP contribution in [0.5, 0.6) is 11.5 Å². The number of nitrogens with zero attached hydrogens (tertiary/aromatic N) is 2. The van der Waals surface area contributed by atoms with Crippen LogP contribution in [-0.4, -0.2) is 56.3 Å². The van der Waals surface area contributed by atoms with Crippen LogP contribution in [0.25, 0.3) is 0 Å². The van der Waals surface area contributed by atoms with E-state index >= 15 is 0 Å². The number of amides is 2. The quantitative estimate of drug-likeness (QED) is 0.445. The molecule has 9 nitrogen and oxygen atoms in total. The van der Waals surface area contributed by atoms with E-state index in [0.29, 0.717) is 27.1 Å². The number of hydrogen-bond donors (Lipinski definition) is 1. The normalized spacial score (nSPS) is 15.8. The molecule has 2 aliphatic rings. The van der Waals surface area contributed by atoms with Crippen molar-refractivity contribution in [1.82, 2.24) is 10.2 Å². The summed E-state index contributed by atoms with van der Waals surface area (Å²) < 4.78 is 38.0. The molecular formula is C26H31Cl2N3O6S. The van der Waals surface area contributed by atoms with Crippen LogP contribution in [0.4, 0.5) is 5.69 Å². The maximum Gasteiger partial charge on any atom is 0.244 e. The number of fused-ring (bicyclic) bond motifs is 1. The lowest BCUT2D eigenvalue weighted by atomic mass is 10.1. The second-order valence-electron chi connectivity index (χ2n) is 9.33. The van der Waals surface area contributed by atoms with Crippen LogP contribution in [0.3, 0.4) is 0 Å². The van der Waals surface area contributed by atoms with Crippen molar-refractivity contribution in [3.8, 4) is 11.5 Å². The molecule has 0 radical (unpaired) electrons. The third-order valence-corrected chi connectivity index (χ3v) is 9.33. The molecule has 2 aromatic carbocycles. The topological polar surface area (TPSA) is 105 Å². The summed E-state index contributed by atoms with van der Waals surface area (Å²) in [5, 5.41) is 3.70. The fourth-order valence-corrected chi connectivity index (χ4v) is 6.16. The zero-order valence-electron chi connectivity index (χ0n) is 21.3. The Kier molecular flexibility index (Phi) is 8.95. The molecule has 0 bridgehead atoms. The molecule has 1 fully saturated rings. The Morgan fingerprint density at radius 1 is 1.08 bits per heavy atom. The molecule has 0 unspecified atom stereocenters. The van der Waals surface area contributed by atoms with Crippen molar-refractivity contribution in [3.63, 3.8) is 0 Å². The van der Waals surface area contributed by atoms with Crippen molar-refractivity contribution >= 4 is 50.7 Å². The largest absolute Gasteiger partial charge is 0.454 e. The minimum Gasteiger partial charge on any atom is -0.454 e. The molecule has 0 saturated heterocycles. The molecule has 2 amide bonds. The van der Waals surface area contributed by atoms with Gasteiger partial charge in [0.15, 0.2) is 11.5 Å². The van der Waals surface area contributed by atoms with E-state index < -0.39 is 28.5 Å². The van der Waals surface area contributed by atoms with Gasteiger partial charge in [0.25, 0.3) is 0 Å². The zero-order valence-corrected chi connectivity index (χ0v) is 23.6. The van der Waals surface area contributed by atoms with Gasteiger partial charge in [-0.3, -0.25) is 13.9 Å². The summed E-state index contributed by atoms with van der Waals surface area (Å²) in [4.78, 5) is 28.4. The van der Waals surface area contributed by atoms with Crippen molar-refractivity contribution in [3.05, 3.63) is 52.0 Å². The predicted octanol–water partition coefficient (Wildman–Crippen LogP) is 4.35. The van der Waals surface area contributed by atoms with Gasteiger partial charge in [-0.05, 0) is 51.0 Å². The molecular weight excluding hydrogens is 553 g/mol. The van der Waals surface area contributed by atoms with Crippen LogP contribution in [-0.2, 0) is 26.2 Å². The molecule has 2 aromatic rings. The summed E-state index contributed by atoms with van der Waals surface area (Å²) in [6.45, 7) is 2.54. The number of rotatable bonds is 10. The smallest absolute Gasteiger partial charge is 0.244 e. The summed E-state index contributed by atoms with van der Waals surface area (Å²) in [5.41, 5.74) is 0.723. The van der Waals surface area contributed by atoms with Crippen molar-refractivity contribution in [2.75, 3.05) is 23.4 Å². The first-order valence-corrected chi connectivity index (χ1v) is 14.9. The van der Waals surface area contributed by atoms with Gasteiger partial charge in [0.1, 0.15) is 12.6 Å². The summed E-state index contributed by atoms with van der Waals surface area (Å²) in [7, 11) is -3.88. The van der Waals surface area contributed by atoms with E-state index in [1.54, 1.807) is 37.3 Å². The number of carbonyl (C=O) groups is 2. The van der Waals surface area contributed by atoms with Crippen LogP contribution >= 0.6 is 23.2 Å². The molecule has 206 valence electrons. The lowest BCUT2D eigenvalue weighted by molar-refractivity contribution is -0.139. The van der Waals surface area contributed by atoms with E-state index in [4.69, 9.17) is 32.7 Å². The maximum absolute atomic E-state index is 13.8. The SMILES string of the molecule is CCS(=O)(=O)N(CC(=O)N(Cc1c(Cl)cccc1Cl)[C@@H](C)C(=O)NC1CCCC1)c1ccc2c(c1)OCO2. The predicted molar refractivity (Wildman–Crippen MR) is 146 cm³/mol. The van der Waals surface area contributed by atoms with Crippen molar-refractivity contribution in [2.45, 2.75) is 58.2 Å². The molecule has 1 aliphatic carbocycles. The fourth-order valence-electron chi connectivity index (χ4n) is 4.59. The van der Waals surface area contributed by atoms with Crippen LogP contribution in [0.15, 0.2) is 36.4 Å². The minimum absolute atomic E-state index is 0.0260. The Morgan fingerprint density at radius 2 is 1.74 bits per heavy atom. The highest BCUT2D eigenvalue weighted by atomic mass is 35.5. The average Bonchev–Trinajstić information content (AvgIpc) is 3.58. The van der Waals surface area contributed by atoms with Gasteiger partial charge in [0.05, 0.1) is 11.4 Å². The van der Waals surface area contributed by atoms with Gasteiger partial charge in [0.2, 0.25) is 28.6 Å². The lowest BCUT2D eigenvalue weighted by Gasteiger charge is -2.32. The Labute approximate surface area is 233 Å². The van der Waals surface area contributed by atoms with Crippen LogP contribution in [0, 0.1) is 0 Å². The molecule has 1 N–H and O–H groups in total. The number of nitrogens with one attached hydrogen (secondary N) is 1. The average molecular weight is 585 g/mol. The highest BCUT2D eigenvalue weighted by molar-refractivity contribution is 7.92.